The molecule has 0 spiro atoms. The van der Waals surface area contributed by atoms with Crippen molar-refractivity contribution >= 4 is 27.3 Å². The first-order valence-corrected chi connectivity index (χ1v) is 4.21. The molecule has 1 heterocycles. The molecule has 0 saturated carbocycles. The van der Waals surface area contributed by atoms with Gasteiger partial charge in [0.1, 0.15) is 0 Å². The van der Waals surface area contributed by atoms with Crippen LogP contribution in [0, 0.1) is 0 Å². The smallest absolute Gasteiger partial charge is 0.203 e. The van der Waals surface area contributed by atoms with Gasteiger partial charge in [-0.2, -0.15) is 8.78 Å². The standard InChI is InChI=1S/C4HBrF4N2S/c5-3-11-10-2(12-3)4(8,9)1(6)7/h1H. The molecule has 0 aliphatic heterocycles. The Hall–Kier alpha value is -0.240. The van der Waals surface area contributed by atoms with Crippen LogP contribution in [0.5, 0.6) is 0 Å². The number of aromatic nitrogens is 2. The molecule has 8 heteroatoms. The largest absolute Gasteiger partial charge is 0.359 e. The van der Waals surface area contributed by atoms with Crippen LogP contribution >= 0.6 is 27.3 Å². The molecule has 2 nitrogen and oxygen atoms in total. The highest BCUT2D eigenvalue weighted by atomic mass is 79.9. The molecular formula is C4HBrF4N2S. The van der Waals surface area contributed by atoms with Crippen LogP contribution in [0.1, 0.15) is 5.01 Å². The second-order valence-electron chi connectivity index (χ2n) is 1.78. The molecular weight excluding hydrogens is 264 g/mol. The maximum atomic E-state index is 12.4. The van der Waals surface area contributed by atoms with Gasteiger partial charge in [0, 0.05) is 0 Å². The summed E-state index contributed by atoms with van der Waals surface area (Å²) in [5.41, 5.74) is 0. The Kier molecular flexibility index (Phi) is 2.67. The summed E-state index contributed by atoms with van der Waals surface area (Å²) in [7, 11) is 0. The van der Waals surface area contributed by atoms with E-state index in [0.29, 0.717) is 11.3 Å². The van der Waals surface area contributed by atoms with Crippen molar-refractivity contribution in [2.45, 2.75) is 12.3 Å². The summed E-state index contributed by atoms with van der Waals surface area (Å²) < 4.78 is 48.3. The van der Waals surface area contributed by atoms with E-state index in [-0.39, 0.29) is 3.92 Å². The molecule has 1 aromatic rings. The second kappa shape index (κ2) is 3.25. The number of hydrogen-bond acceptors (Lipinski definition) is 3. The van der Waals surface area contributed by atoms with Crippen LogP contribution in [0.3, 0.4) is 0 Å². The molecule has 0 aromatic carbocycles. The van der Waals surface area contributed by atoms with E-state index in [9.17, 15) is 17.6 Å². The number of nitrogens with zero attached hydrogens (tertiary/aromatic N) is 2. The number of rotatable bonds is 2. The van der Waals surface area contributed by atoms with E-state index in [1.54, 1.807) is 0 Å². The Morgan fingerprint density at radius 1 is 1.33 bits per heavy atom. The topological polar surface area (TPSA) is 25.8 Å². The third-order valence-corrected chi connectivity index (χ3v) is 2.40. The van der Waals surface area contributed by atoms with E-state index in [1.165, 1.54) is 0 Å². The van der Waals surface area contributed by atoms with Crippen molar-refractivity contribution < 1.29 is 17.6 Å². The third-order valence-electron chi connectivity index (χ3n) is 0.960. The highest BCUT2D eigenvalue weighted by molar-refractivity contribution is 9.11. The molecule has 0 aliphatic rings. The number of alkyl halides is 4. The minimum absolute atomic E-state index is 0.0535. The minimum Gasteiger partial charge on any atom is -0.203 e. The van der Waals surface area contributed by atoms with Crippen molar-refractivity contribution in [1.82, 2.24) is 10.2 Å². The van der Waals surface area contributed by atoms with E-state index in [4.69, 9.17) is 0 Å². The first-order chi connectivity index (χ1) is 5.44. The summed E-state index contributed by atoms with van der Waals surface area (Å²) in [5, 5.41) is 5.06. The summed E-state index contributed by atoms with van der Waals surface area (Å²) in [5.74, 6) is -4.20. The molecule has 12 heavy (non-hydrogen) atoms. The van der Waals surface area contributed by atoms with Crippen LogP contribution in [0.15, 0.2) is 3.92 Å². The predicted octanol–water partition coefficient (Wildman–Crippen LogP) is 2.66. The van der Waals surface area contributed by atoms with Crippen LogP contribution in [-0.2, 0) is 5.92 Å². The Labute approximate surface area is 76.7 Å². The summed E-state index contributed by atoms with van der Waals surface area (Å²) in [6, 6.07) is 0. The molecule has 0 bridgehead atoms. The molecule has 0 atom stereocenters. The van der Waals surface area contributed by atoms with Crippen molar-refractivity contribution in [3.8, 4) is 0 Å². The van der Waals surface area contributed by atoms with Gasteiger partial charge in [0.2, 0.25) is 0 Å². The lowest BCUT2D eigenvalue weighted by atomic mass is 10.4. The van der Waals surface area contributed by atoms with E-state index in [1.807, 2.05) is 0 Å². The quantitative estimate of drug-likeness (QED) is 0.768. The van der Waals surface area contributed by atoms with Crippen LogP contribution in [0.2, 0.25) is 0 Å². The molecule has 0 aliphatic carbocycles. The van der Waals surface area contributed by atoms with Gasteiger partial charge in [-0.25, -0.2) is 8.78 Å². The fourth-order valence-electron chi connectivity index (χ4n) is 0.433. The average molecular weight is 265 g/mol. The predicted molar refractivity (Wildman–Crippen MR) is 37.5 cm³/mol. The van der Waals surface area contributed by atoms with Gasteiger partial charge < -0.3 is 0 Å². The maximum Gasteiger partial charge on any atom is 0.359 e. The summed E-state index contributed by atoms with van der Waals surface area (Å²) in [4.78, 5) is 0. The SMILES string of the molecule is FC(F)C(F)(F)c1nnc(Br)s1. The van der Waals surface area contributed by atoms with Crippen LogP contribution in [0.25, 0.3) is 0 Å². The fraction of sp³-hybridized carbons (Fsp3) is 0.500. The molecule has 0 radical (unpaired) electrons. The molecule has 0 unspecified atom stereocenters. The molecule has 68 valence electrons. The third kappa shape index (κ3) is 1.74. The monoisotopic (exact) mass is 264 g/mol. The van der Waals surface area contributed by atoms with Crippen molar-refractivity contribution in [1.29, 1.82) is 0 Å². The highest BCUT2D eigenvalue weighted by Gasteiger charge is 2.46. The highest BCUT2D eigenvalue weighted by Crippen LogP contribution is 2.36. The van der Waals surface area contributed by atoms with Crippen LogP contribution < -0.4 is 0 Å². The van der Waals surface area contributed by atoms with Crippen molar-refractivity contribution in [3.05, 3.63) is 8.92 Å². The van der Waals surface area contributed by atoms with Crippen LogP contribution in [0.4, 0.5) is 17.6 Å². The normalized spacial score (nSPS) is 12.5. The lowest BCUT2D eigenvalue weighted by Crippen LogP contribution is -2.23. The Morgan fingerprint density at radius 2 is 1.92 bits per heavy atom. The summed E-state index contributed by atoms with van der Waals surface area (Å²) >= 11 is 3.13. The molecule has 1 aromatic heterocycles. The first kappa shape index (κ1) is 9.85. The van der Waals surface area contributed by atoms with Gasteiger partial charge in [-0.05, 0) is 15.9 Å². The van der Waals surface area contributed by atoms with E-state index in [2.05, 4.69) is 26.1 Å². The molecule has 1 rings (SSSR count). The molecule has 0 saturated heterocycles. The van der Waals surface area contributed by atoms with E-state index in [0.717, 1.165) is 0 Å². The second-order valence-corrected chi connectivity index (χ2v) is 4.04. The Balaban J connectivity index is 2.97. The minimum atomic E-state index is -4.20. The molecule has 0 fully saturated rings. The van der Waals surface area contributed by atoms with Gasteiger partial charge in [-0.15, -0.1) is 10.2 Å². The zero-order valence-corrected chi connectivity index (χ0v) is 7.67. The van der Waals surface area contributed by atoms with Crippen molar-refractivity contribution in [2.75, 3.05) is 0 Å². The van der Waals surface area contributed by atoms with E-state index < -0.39 is 17.4 Å². The Bertz CT molecular complexity index is 276. The zero-order chi connectivity index (χ0) is 9.35. The molecule has 0 N–H and O–H groups in total. The van der Waals surface area contributed by atoms with Gasteiger partial charge in [-0.3, -0.25) is 0 Å². The van der Waals surface area contributed by atoms with Gasteiger partial charge in [-0.1, -0.05) is 11.3 Å². The van der Waals surface area contributed by atoms with Gasteiger partial charge >= 0.3 is 12.3 Å². The Morgan fingerprint density at radius 3 is 2.25 bits per heavy atom. The van der Waals surface area contributed by atoms with Gasteiger partial charge in [0.25, 0.3) is 0 Å². The van der Waals surface area contributed by atoms with Crippen molar-refractivity contribution in [3.63, 3.8) is 0 Å². The van der Waals surface area contributed by atoms with Crippen LogP contribution in [-0.4, -0.2) is 16.6 Å². The van der Waals surface area contributed by atoms with E-state index >= 15 is 0 Å². The molecule has 0 amide bonds. The first-order valence-electron chi connectivity index (χ1n) is 2.60. The van der Waals surface area contributed by atoms with Gasteiger partial charge in [0.15, 0.2) is 8.92 Å². The average Bonchev–Trinajstić information content (AvgIpc) is 2.35. The zero-order valence-electron chi connectivity index (χ0n) is 5.27. The summed E-state index contributed by atoms with van der Waals surface area (Å²) in [6.45, 7) is 0. The summed E-state index contributed by atoms with van der Waals surface area (Å²) in [6.07, 6.45) is -3.75. The number of halogens is 5. The number of hydrogen-bond donors (Lipinski definition) is 0. The lowest BCUT2D eigenvalue weighted by molar-refractivity contribution is -0.135. The fourth-order valence-corrected chi connectivity index (χ4v) is 1.52. The van der Waals surface area contributed by atoms with Gasteiger partial charge in [0.05, 0.1) is 0 Å². The maximum absolute atomic E-state index is 12.4. The van der Waals surface area contributed by atoms with Crippen molar-refractivity contribution in [2.24, 2.45) is 0 Å². The lowest BCUT2D eigenvalue weighted by Gasteiger charge is -2.09.